The van der Waals surface area contributed by atoms with Crippen molar-refractivity contribution in [3.05, 3.63) is 40.2 Å². The maximum atomic E-state index is 10.8. The second-order valence-electron chi connectivity index (χ2n) is 4.08. The molecular formula is C12H15N3O2. The van der Waals surface area contributed by atoms with Crippen molar-refractivity contribution in [3.63, 3.8) is 0 Å². The third kappa shape index (κ3) is 3.03. The van der Waals surface area contributed by atoms with Gasteiger partial charge in [0.15, 0.2) is 0 Å². The summed E-state index contributed by atoms with van der Waals surface area (Å²) in [4.78, 5) is 14.1. The van der Waals surface area contributed by atoms with Gasteiger partial charge in [-0.25, -0.2) is 0 Å². The Hall–Kier alpha value is -1.91. The van der Waals surface area contributed by atoms with Crippen LogP contribution in [0.5, 0.6) is 0 Å². The van der Waals surface area contributed by atoms with Crippen LogP contribution in [0.3, 0.4) is 0 Å². The highest BCUT2D eigenvalue weighted by Crippen LogP contribution is 2.23. The second kappa shape index (κ2) is 5.43. The smallest absolute Gasteiger partial charge is 0.310 e. The topological polar surface area (TPSA) is 68.1 Å². The molecular weight excluding hydrogens is 218 g/mol. The molecule has 5 nitrogen and oxygen atoms in total. The van der Waals surface area contributed by atoms with Gasteiger partial charge >= 0.3 is 5.69 Å². The van der Waals surface area contributed by atoms with Crippen LogP contribution >= 0.6 is 0 Å². The zero-order valence-electron chi connectivity index (χ0n) is 9.56. The Morgan fingerprint density at radius 1 is 1.53 bits per heavy atom. The van der Waals surface area contributed by atoms with E-state index < -0.39 is 4.92 Å². The number of hydrogen-bond donors (Lipinski definition) is 1. The molecule has 1 aromatic rings. The van der Waals surface area contributed by atoms with Crippen LogP contribution in [0.25, 0.3) is 0 Å². The first-order chi connectivity index (χ1) is 8.27. The highest BCUT2D eigenvalue weighted by molar-refractivity contribution is 5.59. The molecule has 90 valence electrons. The van der Waals surface area contributed by atoms with E-state index in [0.29, 0.717) is 5.69 Å². The van der Waals surface area contributed by atoms with E-state index in [2.05, 4.69) is 16.4 Å². The molecule has 1 aliphatic carbocycles. The molecule has 5 heteroatoms. The number of allylic oxidation sites excluding steroid dienone is 1. The zero-order chi connectivity index (χ0) is 12.1. The van der Waals surface area contributed by atoms with Crippen LogP contribution in [-0.2, 0) is 0 Å². The van der Waals surface area contributed by atoms with Gasteiger partial charge in [-0.1, -0.05) is 11.6 Å². The third-order valence-electron chi connectivity index (χ3n) is 2.89. The second-order valence-corrected chi connectivity index (χ2v) is 4.08. The van der Waals surface area contributed by atoms with Crippen LogP contribution in [0.15, 0.2) is 30.1 Å². The summed E-state index contributed by atoms with van der Waals surface area (Å²) in [5, 5.41) is 13.9. The lowest BCUT2D eigenvalue weighted by Crippen LogP contribution is -2.05. The van der Waals surface area contributed by atoms with Crippen molar-refractivity contribution in [2.75, 3.05) is 11.9 Å². The first-order valence-electron chi connectivity index (χ1n) is 5.77. The molecule has 0 bridgehead atoms. The molecule has 0 saturated carbocycles. The van der Waals surface area contributed by atoms with Crippen molar-refractivity contribution in [1.82, 2.24) is 4.98 Å². The number of nitro groups is 1. The number of hydrogen-bond acceptors (Lipinski definition) is 4. The molecule has 17 heavy (non-hydrogen) atoms. The van der Waals surface area contributed by atoms with Gasteiger partial charge in [-0.15, -0.1) is 0 Å². The summed E-state index contributed by atoms with van der Waals surface area (Å²) < 4.78 is 0. The minimum absolute atomic E-state index is 0.0351. The molecule has 0 atom stereocenters. The maximum Gasteiger partial charge on any atom is 0.310 e. The van der Waals surface area contributed by atoms with Gasteiger partial charge in [0, 0.05) is 12.7 Å². The predicted octanol–water partition coefficient (Wildman–Crippen LogP) is 2.90. The molecule has 0 unspecified atom stereocenters. The Bertz CT molecular complexity index is 443. The number of aromatic nitrogens is 1. The lowest BCUT2D eigenvalue weighted by atomic mass is 10.1. The van der Waals surface area contributed by atoms with Crippen LogP contribution in [0.1, 0.15) is 25.7 Å². The summed E-state index contributed by atoms with van der Waals surface area (Å²) in [6, 6.07) is 1.64. The number of rotatable bonds is 5. The van der Waals surface area contributed by atoms with Crippen LogP contribution in [-0.4, -0.2) is 16.5 Å². The van der Waals surface area contributed by atoms with Gasteiger partial charge in [0.2, 0.25) is 0 Å². The Morgan fingerprint density at radius 2 is 2.41 bits per heavy atom. The van der Waals surface area contributed by atoms with Crippen LogP contribution in [0.2, 0.25) is 0 Å². The number of nitrogens with zero attached hydrogens (tertiary/aromatic N) is 2. The number of pyridine rings is 1. The lowest BCUT2D eigenvalue weighted by Gasteiger charge is -2.06. The van der Waals surface area contributed by atoms with Crippen LogP contribution in [0, 0.1) is 10.1 Å². The monoisotopic (exact) mass is 233 g/mol. The summed E-state index contributed by atoms with van der Waals surface area (Å²) in [5.41, 5.74) is 2.03. The van der Waals surface area contributed by atoms with E-state index in [1.807, 2.05) is 0 Å². The van der Waals surface area contributed by atoms with Gasteiger partial charge in [0.25, 0.3) is 0 Å². The molecule has 0 aliphatic heterocycles. The molecule has 1 aromatic heterocycles. The predicted molar refractivity (Wildman–Crippen MR) is 65.9 cm³/mol. The third-order valence-corrected chi connectivity index (χ3v) is 2.89. The van der Waals surface area contributed by atoms with Crippen molar-refractivity contribution in [2.45, 2.75) is 25.7 Å². The van der Waals surface area contributed by atoms with Crippen molar-refractivity contribution < 1.29 is 4.92 Å². The summed E-state index contributed by atoms with van der Waals surface area (Å²) in [5.74, 6) is 0. The van der Waals surface area contributed by atoms with Crippen molar-refractivity contribution >= 4 is 11.4 Å². The van der Waals surface area contributed by atoms with Gasteiger partial charge in [0.05, 0.1) is 4.92 Å². The Labute approximate surface area is 99.7 Å². The van der Waals surface area contributed by atoms with Gasteiger partial charge < -0.3 is 5.32 Å². The molecule has 1 aliphatic rings. The molecule has 1 heterocycles. The van der Waals surface area contributed by atoms with Crippen LogP contribution in [0.4, 0.5) is 11.4 Å². The molecule has 2 rings (SSSR count). The van der Waals surface area contributed by atoms with E-state index in [1.165, 1.54) is 31.0 Å². The van der Waals surface area contributed by atoms with Gasteiger partial charge in [0.1, 0.15) is 11.9 Å². The van der Waals surface area contributed by atoms with E-state index in [-0.39, 0.29) is 5.69 Å². The zero-order valence-corrected chi connectivity index (χ0v) is 9.56. The average Bonchev–Trinajstić information content (AvgIpc) is 2.82. The Morgan fingerprint density at radius 3 is 3.12 bits per heavy atom. The molecule has 0 radical (unpaired) electrons. The molecule has 0 saturated heterocycles. The van der Waals surface area contributed by atoms with Gasteiger partial charge in [-0.3, -0.25) is 15.1 Å². The summed E-state index contributed by atoms with van der Waals surface area (Å²) in [7, 11) is 0. The quantitative estimate of drug-likeness (QED) is 0.482. The fourth-order valence-electron chi connectivity index (χ4n) is 2.00. The SMILES string of the molecule is O=[N+]([O-])c1cnccc1NCCC1=CCCC1. The molecule has 0 amide bonds. The largest absolute Gasteiger partial charge is 0.379 e. The fourth-order valence-corrected chi connectivity index (χ4v) is 2.00. The highest BCUT2D eigenvalue weighted by atomic mass is 16.6. The fraction of sp³-hybridized carbons (Fsp3) is 0.417. The Kier molecular flexibility index (Phi) is 3.69. The normalized spacial score (nSPS) is 14.5. The van der Waals surface area contributed by atoms with Crippen molar-refractivity contribution in [2.24, 2.45) is 0 Å². The van der Waals surface area contributed by atoms with E-state index in [4.69, 9.17) is 0 Å². The lowest BCUT2D eigenvalue weighted by molar-refractivity contribution is -0.384. The number of anilines is 1. The summed E-state index contributed by atoms with van der Waals surface area (Å²) >= 11 is 0. The standard InChI is InChI=1S/C12H15N3O2/c16-15(17)12-9-13-7-6-11(12)14-8-5-10-3-1-2-4-10/h3,6-7,9H,1-2,4-5,8H2,(H,13,14). The molecule has 1 N–H and O–H groups in total. The summed E-state index contributed by atoms with van der Waals surface area (Å²) in [6.45, 7) is 0.733. The Balaban J connectivity index is 1.92. The first-order valence-corrected chi connectivity index (χ1v) is 5.77. The van der Waals surface area contributed by atoms with Gasteiger partial charge in [-0.05, 0) is 31.7 Å². The maximum absolute atomic E-state index is 10.8. The van der Waals surface area contributed by atoms with Crippen molar-refractivity contribution in [1.29, 1.82) is 0 Å². The summed E-state index contributed by atoms with van der Waals surface area (Å²) in [6.07, 6.45) is 9.64. The van der Waals surface area contributed by atoms with Gasteiger partial charge in [-0.2, -0.15) is 0 Å². The first kappa shape index (κ1) is 11.6. The van der Waals surface area contributed by atoms with Crippen LogP contribution < -0.4 is 5.32 Å². The number of nitrogens with one attached hydrogen (secondary N) is 1. The van der Waals surface area contributed by atoms with E-state index in [9.17, 15) is 10.1 Å². The highest BCUT2D eigenvalue weighted by Gasteiger charge is 2.12. The van der Waals surface area contributed by atoms with E-state index in [0.717, 1.165) is 13.0 Å². The molecule has 0 spiro atoms. The van der Waals surface area contributed by atoms with Crippen molar-refractivity contribution in [3.8, 4) is 0 Å². The minimum Gasteiger partial charge on any atom is -0.379 e. The van der Waals surface area contributed by atoms with E-state index >= 15 is 0 Å². The van der Waals surface area contributed by atoms with E-state index in [1.54, 1.807) is 12.3 Å². The average molecular weight is 233 g/mol. The minimum atomic E-state index is -0.413. The molecule has 0 aromatic carbocycles. The molecule has 0 fully saturated rings.